The normalized spacial score (nSPS) is 9.50. The van der Waals surface area contributed by atoms with Crippen LogP contribution in [0.25, 0.3) is 0 Å². The third-order valence-corrected chi connectivity index (χ3v) is 1.70. The van der Waals surface area contributed by atoms with Gasteiger partial charge in [0, 0.05) is 12.1 Å². The van der Waals surface area contributed by atoms with E-state index in [1.807, 2.05) is 0 Å². The first-order valence-electron chi connectivity index (χ1n) is 4.24. The van der Waals surface area contributed by atoms with Gasteiger partial charge >= 0.3 is 5.97 Å². The second-order valence-electron chi connectivity index (χ2n) is 2.77. The van der Waals surface area contributed by atoms with E-state index in [4.69, 9.17) is 0 Å². The molecule has 0 spiro atoms. The number of carbonyl (C=O) groups is 2. The van der Waals surface area contributed by atoms with Crippen LogP contribution in [0, 0.1) is 0 Å². The largest absolute Gasteiger partial charge is 0.386 e. The molecule has 1 radical (unpaired) electrons. The fourth-order valence-corrected chi connectivity index (χ4v) is 0.973. The van der Waals surface area contributed by atoms with Crippen molar-refractivity contribution in [3.63, 3.8) is 0 Å². The van der Waals surface area contributed by atoms with Gasteiger partial charge in [-0.1, -0.05) is 13.0 Å². The van der Waals surface area contributed by atoms with Crippen molar-refractivity contribution < 1.29 is 14.7 Å². The van der Waals surface area contributed by atoms with E-state index in [1.54, 1.807) is 19.1 Å². The van der Waals surface area contributed by atoms with Gasteiger partial charge in [-0.15, -0.1) is 0 Å². The molecule has 1 aromatic rings. The van der Waals surface area contributed by atoms with Crippen LogP contribution < -0.4 is 5.32 Å². The van der Waals surface area contributed by atoms with E-state index in [1.165, 1.54) is 12.1 Å². The quantitative estimate of drug-likeness (QED) is 0.790. The summed E-state index contributed by atoms with van der Waals surface area (Å²) in [6.07, 6.45) is 0.357. The van der Waals surface area contributed by atoms with Crippen LogP contribution in [-0.4, -0.2) is 11.9 Å². The second kappa shape index (κ2) is 4.41. The molecular weight excluding hydrogens is 182 g/mol. The van der Waals surface area contributed by atoms with E-state index in [0.717, 1.165) is 0 Å². The van der Waals surface area contributed by atoms with Crippen LogP contribution in [0.3, 0.4) is 0 Å². The molecule has 1 aromatic carbocycles. The van der Waals surface area contributed by atoms with Crippen molar-refractivity contribution in [3.8, 4) is 0 Å². The summed E-state index contributed by atoms with van der Waals surface area (Å²) in [5.41, 5.74) is 0.525. The predicted molar refractivity (Wildman–Crippen MR) is 50.4 cm³/mol. The van der Waals surface area contributed by atoms with Gasteiger partial charge in [0.2, 0.25) is 5.91 Å². The molecular formula is C10H10NO3. The van der Waals surface area contributed by atoms with E-state index in [2.05, 4.69) is 5.32 Å². The van der Waals surface area contributed by atoms with Crippen LogP contribution in [0.2, 0.25) is 0 Å². The molecule has 0 saturated carbocycles. The van der Waals surface area contributed by atoms with Crippen LogP contribution in [0.5, 0.6) is 0 Å². The summed E-state index contributed by atoms with van der Waals surface area (Å²) < 4.78 is 0. The lowest BCUT2D eigenvalue weighted by molar-refractivity contribution is -0.115. The van der Waals surface area contributed by atoms with Crippen molar-refractivity contribution in [2.75, 3.05) is 5.32 Å². The minimum absolute atomic E-state index is 0.0545. The first-order chi connectivity index (χ1) is 6.63. The Morgan fingerprint density at radius 2 is 2.07 bits per heavy atom. The molecule has 0 atom stereocenters. The van der Waals surface area contributed by atoms with Crippen molar-refractivity contribution in [3.05, 3.63) is 29.8 Å². The maximum atomic E-state index is 11.0. The highest BCUT2D eigenvalue weighted by molar-refractivity contribution is 5.93. The molecule has 0 saturated heterocycles. The number of benzene rings is 1. The Morgan fingerprint density at radius 3 is 2.64 bits per heavy atom. The molecule has 14 heavy (non-hydrogen) atoms. The number of rotatable bonds is 3. The van der Waals surface area contributed by atoms with E-state index >= 15 is 0 Å². The van der Waals surface area contributed by atoms with Gasteiger partial charge in [0.1, 0.15) is 0 Å². The number of hydrogen-bond acceptors (Lipinski definition) is 2. The molecule has 0 fully saturated rings. The highest BCUT2D eigenvalue weighted by Gasteiger charge is 2.06. The maximum Gasteiger partial charge on any atom is 0.386 e. The van der Waals surface area contributed by atoms with Gasteiger partial charge in [-0.2, -0.15) is 0 Å². The molecule has 1 amide bonds. The lowest BCUT2D eigenvalue weighted by Gasteiger charge is -2.03. The molecule has 0 unspecified atom stereocenters. The highest BCUT2D eigenvalue weighted by Crippen LogP contribution is 2.10. The average molecular weight is 192 g/mol. The summed E-state index contributed by atoms with van der Waals surface area (Å²) in [5.74, 6) is -1.40. The Morgan fingerprint density at radius 1 is 1.36 bits per heavy atom. The monoisotopic (exact) mass is 192 g/mol. The predicted octanol–water partition coefficient (Wildman–Crippen LogP) is 1.61. The highest BCUT2D eigenvalue weighted by atomic mass is 16.4. The zero-order valence-corrected chi connectivity index (χ0v) is 7.74. The summed E-state index contributed by atoms with van der Waals surface area (Å²) in [6.45, 7) is 1.72. The zero-order valence-electron chi connectivity index (χ0n) is 7.74. The molecule has 4 heteroatoms. The van der Waals surface area contributed by atoms with E-state index in [0.29, 0.717) is 12.1 Å². The van der Waals surface area contributed by atoms with Gasteiger partial charge in [-0.3, -0.25) is 4.79 Å². The molecule has 0 aliphatic heterocycles. The molecule has 1 N–H and O–H groups in total. The van der Waals surface area contributed by atoms with Crippen molar-refractivity contribution in [2.45, 2.75) is 13.3 Å². The molecule has 0 aliphatic rings. The van der Waals surface area contributed by atoms with Gasteiger partial charge in [-0.05, 0) is 18.2 Å². The Labute approximate surface area is 81.6 Å². The van der Waals surface area contributed by atoms with Crippen molar-refractivity contribution >= 4 is 17.6 Å². The Bertz CT molecular complexity index is 360. The van der Waals surface area contributed by atoms with Gasteiger partial charge in [0.15, 0.2) is 0 Å². The maximum absolute atomic E-state index is 11.0. The molecule has 73 valence electrons. The number of nitrogens with one attached hydrogen (secondary N) is 1. The third kappa shape index (κ3) is 2.58. The summed E-state index contributed by atoms with van der Waals surface area (Å²) in [4.78, 5) is 21.5. The molecule has 1 rings (SSSR count). The Balaban J connectivity index is 2.83. The number of carbonyl (C=O) groups excluding carboxylic acids is 2. The fourth-order valence-electron chi connectivity index (χ4n) is 0.973. The molecule has 4 nitrogen and oxygen atoms in total. The minimum atomic E-state index is -1.25. The SMILES string of the molecule is CCC(=O)Nc1cccc(C([O])=O)c1. The van der Waals surface area contributed by atoms with Gasteiger partial charge in [-0.25, -0.2) is 9.90 Å². The zero-order chi connectivity index (χ0) is 10.6. The Hall–Kier alpha value is -1.84. The van der Waals surface area contributed by atoms with Crippen LogP contribution in [0.4, 0.5) is 5.69 Å². The molecule has 0 aliphatic carbocycles. The second-order valence-corrected chi connectivity index (χ2v) is 2.77. The summed E-state index contributed by atoms with van der Waals surface area (Å²) in [7, 11) is 0. The van der Waals surface area contributed by atoms with Crippen molar-refractivity contribution in [2.24, 2.45) is 0 Å². The number of anilines is 1. The van der Waals surface area contributed by atoms with Crippen molar-refractivity contribution in [1.29, 1.82) is 0 Å². The third-order valence-electron chi connectivity index (χ3n) is 1.70. The smallest absolute Gasteiger partial charge is 0.326 e. The average Bonchev–Trinajstić information content (AvgIpc) is 2.18. The Kier molecular flexibility index (Phi) is 3.23. The summed E-state index contributed by atoms with van der Waals surface area (Å²) >= 11 is 0. The van der Waals surface area contributed by atoms with E-state index in [-0.39, 0.29) is 11.5 Å². The first kappa shape index (κ1) is 10.2. The topological polar surface area (TPSA) is 66.1 Å². The molecule has 0 aromatic heterocycles. The summed E-state index contributed by atoms with van der Waals surface area (Å²) in [5, 5.41) is 13.0. The summed E-state index contributed by atoms with van der Waals surface area (Å²) in [6, 6.07) is 5.95. The van der Waals surface area contributed by atoms with Gasteiger partial charge in [0.25, 0.3) is 0 Å². The molecule has 0 bridgehead atoms. The molecule has 0 heterocycles. The van der Waals surface area contributed by atoms with Crippen LogP contribution in [0.15, 0.2) is 24.3 Å². The fraction of sp³-hybridized carbons (Fsp3) is 0.200. The van der Waals surface area contributed by atoms with E-state index in [9.17, 15) is 14.7 Å². The standard InChI is InChI=1S/C10H10NO3/c1-2-9(12)11-8-5-3-4-7(6-8)10(13)14/h3-6H,2H2,1H3,(H,11,12). The van der Waals surface area contributed by atoms with Crippen LogP contribution >= 0.6 is 0 Å². The van der Waals surface area contributed by atoms with Gasteiger partial charge < -0.3 is 5.32 Å². The number of amides is 1. The van der Waals surface area contributed by atoms with Gasteiger partial charge in [0.05, 0.1) is 5.56 Å². The lowest BCUT2D eigenvalue weighted by Crippen LogP contribution is -2.09. The lowest BCUT2D eigenvalue weighted by atomic mass is 10.2. The van der Waals surface area contributed by atoms with Crippen molar-refractivity contribution in [1.82, 2.24) is 0 Å². The van der Waals surface area contributed by atoms with Crippen LogP contribution in [0.1, 0.15) is 23.7 Å². The van der Waals surface area contributed by atoms with E-state index < -0.39 is 5.97 Å². The number of hydrogen-bond donors (Lipinski definition) is 1. The van der Waals surface area contributed by atoms with Crippen LogP contribution in [-0.2, 0) is 9.90 Å². The minimum Gasteiger partial charge on any atom is -0.326 e. The first-order valence-corrected chi connectivity index (χ1v) is 4.24.